The molecule has 0 bridgehead atoms. The van der Waals surface area contributed by atoms with Gasteiger partial charge in [-0.2, -0.15) is 0 Å². The Morgan fingerprint density at radius 2 is 1.62 bits per heavy atom. The Bertz CT molecular complexity index is 1400. The van der Waals surface area contributed by atoms with Crippen molar-refractivity contribution in [2.45, 2.75) is 50.7 Å². The molecule has 1 fully saturated rings. The van der Waals surface area contributed by atoms with E-state index in [9.17, 15) is 30.0 Å². The largest absolute Gasteiger partial charge is 0.493 e. The Morgan fingerprint density at radius 3 is 2.33 bits per heavy atom. The monoisotopic (exact) mass is 553 g/mol. The van der Waals surface area contributed by atoms with E-state index in [2.05, 4.69) is 0 Å². The second-order valence-corrected chi connectivity index (χ2v) is 9.69. The number of methoxy groups -OCH3 is 1. The second kappa shape index (κ2) is 11.4. The molecule has 4 N–H and O–H groups in total. The maximum Gasteiger partial charge on any atom is 0.261 e. The summed E-state index contributed by atoms with van der Waals surface area (Å²) in [6.45, 7) is 1.81. The molecule has 11 heteroatoms. The minimum absolute atomic E-state index is 0.124. The number of rotatable bonds is 9. The molecule has 2 heterocycles. The predicted octanol–water partition coefficient (Wildman–Crippen LogP) is 1.61. The van der Waals surface area contributed by atoms with Gasteiger partial charge in [0.25, 0.3) is 11.8 Å². The van der Waals surface area contributed by atoms with E-state index < -0.39 is 37.3 Å². The number of benzene rings is 3. The van der Waals surface area contributed by atoms with E-state index in [1.807, 2.05) is 13.0 Å². The third kappa shape index (κ3) is 4.87. The molecule has 2 aliphatic heterocycles. The summed E-state index contributed by atoms with van der Waals surface area (Å²) >= 11 is 0. The Morgan fingerprint density at radius 1 is 0.900 bits per heavy atom. The van der Waals surface area contributed by atoms with Gasteiger partial charge >= 0.3 is 0 Å². The summed E-state index contributed by atoms with van der Waals surface area (Å²) in [5, 5.41) is 40.9. The molecule has 212 valence electrons. The van der Waals surface area contributed by atoms with Crippen molar-refractivity contribution in [3.05, 3.63) is 65.2 Å². The van der Waals surface area contributed by atoms with Crippen LogP contribution in [0.1, 0.15) is 39.6 Å². The van der Waals surface area contributed by atoms with E-state index >= 15 is 0 Å². The Hall–Kier alpha value is -3.74. The van der Waals surface area contributed by atoms with Crippen molar-refractivity contribution in [2.75, 3.05) is 20.3 Å². The number of aliphatic hydroxyl groups is 4. The minimum Gasteiger partial charge on any atom is -0.493 e. The molecule has 0 spiro atoms. The number of carbonyl (C=O) groups excluding carboxylic acids is 2. The molecule has 1 saturated heterocycles. The summed E-state index contributed by atoms with van der Waals surface area (Å²) in [6, 6.07) is 13.6. The van der Waals surface area contributed by atoms with Crippen molar-refractivity contribution in [3.8, 4) is 17.2 Å². The zero-order chi connectivity index (χ0) is 28.6. The van der Waals surface area contributed by atoms with E-state index in [4.69, 9.17) is 18.9 Å². The average Bonchev–Trinajstić information content (AvgIpc) is 2.97. The molecule has 0 saturated carbocycles. The molecule has 2 amide bonds. The summed E-state index contributed by atoms with van der Waals surface area (Å²) in [5.74, 6) is 0.363. The van der Waals surface area contributed by atoms with Gasteiger partial charge in [-0.1, -0.05) is 25.1 Å². The van der Waals surface area contributed by atoms with Crippen LogP contribution in [0.3, 0.4) is 0 Å². The molecule has 3 aromatic rings. The van der Waals surface area contributed by atoms with Gasteiger partial charge in [0.2, 0.25) is 6.29 Å². The highest BCUT2D eigenvalue weighted by Gasteiger charge is 2.45. The van der Waals surface area contributed by atoms with Gasteiger partial charge in [-0.05, 0) is 42.3 Å². The third-order valence-electron chi connectivity index (χ3n) is 7.11. The van der Waals surface area contributed by atoms with E-state index in [0.717, 1.165) is 0 Å². The molecule has 5 rings (SSSR count). The summed E-state index contributed by atoms with van der Waals surface area (Å²) in [4.78, 5) is 27.3. The fourth-order valence-corrected chi connectivity index (χ4v) is 5.02. The van der Waals surface area contributed by atoms with Crippen LogP contribution >= 0.6 is 0 Å². The van der Waals surface area contributed by atoms with Gasteiger partial charge in [0.1, 0.15) is 36.8 Å². The fraction of sp³-hybridized carbons (Fsp3) is 0.379. The number of aliphatic hydroxyl groups excluding tert-OH is 4. The predicted molar refractivity (Wildman–Crippen MR) is 141 cm³/mol. The van der Waals surface area contributed by atoms with Crippen LogP contribution in [0.4, 0.5) is 0 Å². The van der Waals surface area contributed by atoms with E-state index in [1.54, 1.807) is 42.5 Å². The highest BCUT2D eigenvalue weighted by Crippen LogP contribution is 2.37. The van der Waals surface area contributed by atoms with Crippen molar-refractivity contribution >= 4 is 22.6 Å². The quantitative estimate of drug-likeness (QED) is 0.287. The Balaban J connectivity index is 1.35. The lowest BCUT2D eigenvalue weighted by Gasteiger charge is -2.39. The van der Waals surface area contributed by atoms with Crippen molar-refractivity contribution in [2.24, 2.45) is 0 Å². The Labute approximate surface area is 230 Å². The average molecular weight is 554 g/mol. The van der Waals surface area contributed by atoms with E-state index in [0.29, 0.717) is 51.9 Å². The summed E-state index contributed by atoms with van der Waals surface area (Å²) in [7, 11) is 1.43. The number of carbonyl (C=O) groups is 2. The van der Waals surface area contributed by atoms with Gasteiger partial charge in [-0.3, -0.25) is 14.5 Å². The van der Waals surface area contributed by atoms with Crippen LogP contribution in [-0.2, 0) is 11.3 Å². The standard InChI is InChI=1S/C29H31NO10/c1-3-11-30-27(35)17-6-4-5-16-19(10-8-18(23(16)17)28(30)36)38-14-15-7-9-20(21(12-15)37-2)39-29-26(34)25(33)24(32)22(13-31)40-29/h4-10,12,22,24-26,29,31-34H,3,11,13-14H2,1-2H3/t22-,24+,25+,26-,29-/m0/s1. The van der Waals surface area contributed by atoms with Crippen LogP contribution in [-0.4, -0.2) is 88.1 Å². The third-order valence-corrected chi connectivity index (χ3v) is 7.11. The second-order valence-electron chi connectivity index (χ2n) is 9.69. The highest BCUT2D eigenvalue weighted by atomic mass is 16.7. The van der Waals surface area contributed by atoms with Gasteiger partial charge in [0.05, 0.1) is 13.7 Å². The Kier molecular flexibility index (Phi) is 7.92. The van der Waals surface area contributed by atoms with E-state index in [-0.39, 0.29) is 24.2 Å². The molecular formula is C29H31NO10. The van der Waals surface area contributed by atoms with Gasteiger partial charge in [-0.25, -0.2) is 0 Å². The highest BCUT2D eigenvalue weighted by molar-refractivity contribution is 6.26. The van der Waals surface area contributed by atoms with Crippen LogP contribution in [0.25, 0.3) is 10.8 Å². The number of hydrogen-bond donors (Lipinski definition) is 4. The van der Waals surface area contributed by atoms with Gasteiger partial charge < -0.3 is 39.4 Å². The van der Waals surface area contributed by atoms with Gasteiger partial charge in [0.15, 0.2) is 11.5 Å². The molecule has 5 atom stereocenters. The topological polar surface area (TPSA) is 155 Å². The number of ether oxygens (including phenoxy) is 4. The SMILES string of the molecule is CCCN1C(=O)c2cccc3c(OCc4ccc(O[C@H]5O[C@@H](CO)[C@@H](O)[C@@H](O)[C@@H]5O)c(OC)c4)ccc(c23)C1=O. The molecule has 2 aliphatic rings. The van der Waals surface area contributed by atoms with Crippen molar-refractivity contribution in [3.63, 3.8) is 0 Å². The molecular weight excluding hydrogens is 522 g/mol. The molecule has 0 aromatic heterocycles. The lowest BCUT2D eigenvalue weighted by molar-refractivity contribution is -0.277. The number of hydrogen-bond acceptors (Lipinski definition) is 10. The maximum atomic E-state index is 13.0. The first-order valence-electron chi connectivity index (χ1n) is 13.0. The normalized spacial score (nSPS) is 24.4. The first kappa shape index (κ1) is 27.8. The van der Waals surface area contributed by atoms with Crippen LogP contribution < -0.4 is 14.2 Å². The number of imide groups is 1. The van der Waals surface area contributed by atoms with Crippen molar-refractivity contribution in [1.29, 1.82) is 0 Å². The summed E-state index contributed by atoms with van der Waals surface area (Å²) in [5.41, 5.74) is 1.63. The number of nitrogens with zero attached hydrogens (tertiary/aromatic N) is 1. The van der Waals surface area contributed by atoms with E-state index in [1.165, 1.54) is 12.0 Å². The summed E-state index contributed by atoms with van der Waals surface area (Å²) < 4.78 is 22.7. The van der Waals surface area contributed by atoms with Crippen molar-refractivity contribution in [1.82, 2.24) is 4.90 Å². The molecule has 0 aliphatic carbocycles. The fourth-order valence-electron chi connectivity index (χ4n) is 5.02. The zero-order valence-corrected chi connectivity index (χ0v) is 22.0. The van der Waals surface area contributed by atoms with Crippen LogP contribution in [0.5, 0.6) is 17.2 Å². The molecule has 40 heavy (non-hydrogen) atoms. The zero-order valence-electron chi connectivity index (χ0n) is 22.0. The smallest absolute Gasteiger partial charge is 0.261 e. The van der Waals surface area contributed by atoms with Gasteiger partial charge in [0, 0.05) is 28.4 Å². The minimum atomic E-state index is -1.57. The first-order chi connectivity index (χ1) is 19.3. The maximum absolute atomic E-state index is 13.0. The lowest BCUT2D eigenvalue weighted by atomic mass is 9.93. The van der Waals surface area contributed by atoms with Crippen LogP contribution in [0.15, 0.2) is 48.5 Å². The lowest BCUT2D eigenvalue weighted by Crippen LogP contribution is -2.60. The first-order valence-corrected chi connectivity index (χ1v) is 13.0. The van der Waals surface area contributed by atoms with Crippen LogP contribution in [0, 0.1) is 0 Å². The molecule has 3 aromatic carbocycles. The molecule has 0 unspecified atom stereocenters. The molecule has 0 radical (unpaired) electrons. The molecule has 11 nitrogen and oxygen atoms in total. The van der Waals surface area contributed by atoms with Crippen LogP contribution in [0.2, 0.25) is 0 Å². The summed E-state index contributed by atoms with van der Waals surface area (Å²) in [6.07, 6.45) is -6.43. The number of amides is 2. The van der Waals surface area contributed by atoms with Gasteiger partial charge in [-0.15, -0.1) is 0 Å². The van der Waals surface area contributed by atoms with Crippen molar-refractivity contribution < 1.29 is 49.0 Å².